The third-order valence-electron chi connectivity index (χ3n) is 3.32. The normalized spacial score (nSPS) is 10.5. The summed E-state index contributed by atoms with van der Waals surface area (Å²) in [7, 11) is 0. The van der Waals surface area contributed by atoms with Crippen molar-refractivity contribution in [1.29, 1.82) is 0 Å². The predicted octanol–water partition coefficient (Wildman–Crippen LogP) is 2.93. The first-order valence-electron chi connectivity index (χ1n) is 7.56. The Labute approximate surface area is 148 Å². The summed E-state index contributed by atoms with van der Waals surface area (Å²) < 4.78 is 5.41. The smallest absolute Gasteiger partial charge is 0.286 e. The van der Waals surface area contributed by atoms with Crippen LogP contribution in [0.1, 0.15) is 36.7 Å². The molecule has 2 amide bonds. The lowest BCUT2D eigenvalue weighted by atomic mass is 10.2. The van der Waals surface area contributed by atoms with Gasteiger partial charge in [-0.2, -0.15) is 0 Å². The van der Waals surface area contributed by atoms with Crippen LogP contribution in [-0.4, -0.2) is 22.0 Å². The number of nitrogens with zero attached hydrogens (tertiary/aromatic N) is 2. The molecule has 7 nitrogen and oxygen atoms in total. The molecule has 25 heavy (non-hydrogen) atoms. The quantitative estimate of drug-likeness (QED) is 0.732. The number of benzene rings is 1. The van der Waals surface area contributed by atoms with E-state index in [-0.39, 0.29) is 16.8 Å². The molecule has 0 spiro atoms. The van der Waals surface area contributed by atoms with Gasteiger partial charge in [0.2, 0.25) is 5.01 Å². The number of hydrogen-bond acceptors (Lipinski definition) is 6. The van der Waals surface area contributed by atoms with E-state index in [2.05, 4.69) is 20.8 Å². The first kappa shape index (κ1) is 16.8. The number of carbonyl (C=O) groups excluding carboxylic acids is 2. The van der Waals surface area contributed by atoms with Gasteiger partial charge in [0, 0.05) is 11.3 Å². The van der Waals surface area contributed by atoms with Crippen molar-refractivity contribution < 1.29 is 14.0 Å². The lowest BCUT2D eigenvalue weighted by Gasteiger charge is -2.07. The summed E-state index contributed by atoms with van der Waals surface area (Å²) in [6.45, 7) is 3.92. The second-order valence-electron chi connectivity index (χ2n) is 5.36. The number of rotatable bonds is 5. The SMILES string of the molecule is Cc1ccc(CNC(=O)c2cccc(NC(=O)c3nnc(C)s3)c2)o1. The van der Waals surface area contributed by atoms with Gasteiger partial charge in [0.25, 0.3) is 11.8 Å². The van der Waals surface area contributed by atoms with E-state index >= 15 is 0 Å². The standard InChI is InChI=1S/C17H16N4O3S/c1-10-6-7-14(24-10)9-18-15(22)12-4-3-5-13(8-12)19-16(23)17-21-20-11(2)25-17/h3-8H,9H2,1-2H3,(H,18,22)(H,19,23). The monoisotopic (exact) mass is 356 g/mol. The van der Waals surface area contributed by atoms with E-state index in [9.17, 15) is 9.59 Å². The number of amides is 2. The van der Waals surface area contributed by atoms with Gasteiger partial charge in [0.1, 0.15) is 16.5 Å². The maximum absolute atomic E-state index is 12.3. The van der Waals surface area contributed by atoms with Crippen molar-refractivity contribution in [2.45, 2.75) is 20.4 Å². The minimum atomic E-state index is -0.353. The van der Waals surface area contributed by atoms with Gasteiger partial charge in [-0.1, -0.05) is 17.4 Å². The molecule has 0 atom stereocenters. The molecule has 2 heterocycles. The first-order valence-corrected chi connectivity index (χ1v) is 8.38. The molecule has 0 unspecified atom stereocenters. The van der Waals surface area contributed by atoms with Crippen LogP contribution in [0.25, 0.3) is 0 Å². The number of carbonyl (C=O) groups is 2. The maximum Gasteiger partial charge on any atom is 0.286 e. The molecule has 0 saturated carbocycles. The molecule has 128 valence electrons. The van der Waals surface area contributed by atoms with Crippen molar-refractivity contribution in [3.63, 3.8) is 0 Å². The molecule has 1 aromatic carbocycles. The number of aryl methyl sites for hydroxylation is 2. The van der Waals surface area contributed by atoms with Crippen LogP contribution in [0.2, 0.25) is 0 Å². The van der Waals surface area contributed by atoms with E-state index in [1.807, 2.05) is 19.1 Å². The van der Waals surface area contributed by atoms with Crippen molar-refractivity contribution in [3.8, 4) is 0 Å². The van der Waals surface area contributed by atoms with Crippen molar-refractivity contribution in [2.24, 2.45) is 0 Å². The lowest BCUT2D eigenvalue weighted by Crippen LogP contribution is -2.22. The van der Waals surface area contributed by atoms with Gasteiger partial charge in [-0.15, -0.1) is 10.2 Å². The zero-order chi connectivity index (χ0) is 17.8. The highest BCUT2D eigenvalue weighted by Gasteiger charge is 2.13. The molecule has 3 aromatic rings. The zero-order valence-electron chi connectivity index (χ0n) is 13.7. The van der Waals surface area contributed by atoms with Gasteiger partial charge in [-0.25, -0.2) is 0 Å². The van der Waals surface area contributed by atoms with Crippen LogP contribution in [0.4, 0.5) is 5.69 Å². The summed E-state index contributed by atoms with van der Waals surface area (Å²) >= 11 is 1.21. The van der Waals surface area contributed by atoms with Gasteiger partial charge < -0.3 is 15.1 Å². The van der Waals surface area contributed by atoms with Crippen molar-refractivity contribution >= 4 is 28.8 Å². The summed E-state index contributed by atoms with van der Waals surface area (Å²) in [6.07, 6.45) is 0. The Hall–Kier alpha value is -3.00. The molecule has 2 N–H and O–H groups in total. The molecule has 0 aliphatic rings. The summed E-state index contributed by atoms with van der Waals surface area (Å²) in [5.41, 5.74) is 0.953. The average molecular weight is 356 g/mol. The summed E-state index contributed by atoms with van der Waals surface area (Å²) in [4.78, 5) is 24.4. The lowest BCUT2D eigenvalue weighted by molar-refractivity contribution is 0.0946. The highest BCUT2D eigenvalue weighted by Crippen LogP contribution is 2.15. The van der Waals surface area contributed by atoms with Crippen molar-refractivity contribution in [2.75, 3.05) is 5.32 Å². The average Bonchev–Trinajstić information content (AvgIpc) is 3.21. The minimum absolute atomic E-state index is 0.253. The predicted molar refractivity (Wildman–Crippen MR) is 93.7 cm³/mol. The number of nitrogens with one attached hydrogen (secondary N) is 2. The van der Waals surface area contributed by atoms with Crippen LogP contribution in [0.5, 0.6) is 0 Å². The summed E-state index contributed by atoms with van der Waals surface area (Å²) in [6, 6.07) is 10.3. The second-order valence-corrected chi connectivity index (χ2v) is 6.54. The third-order valence-corrected chi connectivity index (χ3v) is 4.16. The molecule has 2 aromatic heterocycles. The maximum atomic E-state index is 12.3. The Balaban J connectivity index is 1.64. The molecule has 0 aliphatic carbocycles. The fourth-order valence-corrected chi connectivity index (χ4v) is 2.75. The molecular formula is C17H16N4O3S. The molecule has 0 aliphatic heterocycles. The molecule has 3 rings (SSSR count). The zero-order valence-corrected chi connectivity index (χ0v) is 14.5. The van der Waals surface area contributed by atoms with E-state index in [0.29, 0.717) is 28.6 Å². The van der Waals surface area contributed by atoms with Crippen LogP contribution in [0, 0.1) is 13.8 Å². The van der Waals surface area contributed by atoms with Gasteiger partial charge in [-0.05, 0) is 44.2 Å². The number of hydrogen-bond donors (Lipinski definition) is 2. The van der Waals surface area contributed by atoms with Gasteiger partial charge in [0.15, 0.2) is 0 Å². The first-order chi connectivity index (χ1) is 12.0. The second kappa shape index (κ2) is 7.27. The van der Waals surface area contributed by atoms with Crippen LogP contribution in [0.15, 0.2) is 40.8 Å². The van der Waals surface area contributed by atoms with E-state index in [1.54, 1.807) is 31.2 Å². The molecule has 8 heteroatoms. The van der Waals surface area contributed by atoms with E-state index in [4.69, 9.17) is 4.42 Å². The molecule has 0 saturated heterocycles. The van der Waals surface area contributed by atoms with Gasteiger partial charge in [-0.3, -0.25) is 9.59 Å². The fourth-order valence-electron chi connectivity index (χ4n) is 2.16. The van der Waals surface area contributed by atoms with E-state index in [1.165, 1.54) is 11.3 Å². The minimum Gasteiger partial charge on any atom is -0.465 e. The van der Waals surface area contributed by atoms with Gasteiger partial charge in [0.05, 0.1) is 6.54 Å². The molecule has 0 bridgehead atoms. The van der Waals surface area contributed by atoms with Crippen molar-refractivity contribution in [1.82, 2.24) is 15.5 Å². The number of anilines is 1. The largest absolute Gasteiger partial charge is 0.465 e. The molecular weight excluding hydrogens is 340 g/mol. The number of furan rings is 1. The Morgan fingerprint density at radius 1 is 1.12 bits per heavy atom. The van der Waals surface area contributed by atoms with Crippen LogP contribution < -0.4 is 10.6 Å². The highest BCUT2D eigenvalue weighted by molar-refractivity contribution is 7.13. The van der Waals surface area contributed by atoms with Crippen LogP contribution >= 0.6 is 11.3 Å². The summed E-state index contributed by atoms with van der Waals surface area (Å²) in [5.74, 6) is 0.869. The van der Waals surface area contributed by atoms with Crippen LogP contribution in [0.3, 0.4) is 0 Å². The van der Waals surface area contributed by atoms with E-state index < -0.39 is 0 Å². The molecule has 0 radical (unpaired) electrons. The van der Waals surface area contributed by atoms with Crippen LogP contribution in [-0.2, 0) is 6.54 Å². The summed E-state index contributed by atoms with van der Waals surface area (Å²) in [5, 5.41) is 14.1. The number of aromatic nitrogens is 2. The van der Waals surface area contributed by atoms with E-state index in [0.717, 1.165) is 5.76 Å². The topological polar surface area (TPSA) is 97.1 Å². The highest BCUT2D eigenvalue weighted by atomic mass is 32.1. The molecule has 0 fully saturated rings. The van der Waals surface area contributed by atoms with Crippen molar-refractivity contribution in [3.05, 3.63) is 63.5 Å². The fraction of sp³-hybridized carbons (Fsp3) is 0.176. The Morgan fingerprint density at radius 3 is 2.64 bits per heavy atom. The third kappa shape index (κ3) is 4.30. The Bertz CT molecular complexity index is 916. The van der Waals surface area contributed by atoms with Gasteiger partial charge >= 0.3 is 0 Å². The Kier molecular flexibility index (Phi) is 4.90. The Morgan fingerprint density at radius 2 is 1.96 bits per heavy atom.